The van der Waals surface area contributed by atoms with Crippen molar-refractivity contribution in [3.05, 3.63) is 108 Å². The quantitative estimate of drug-likeness (QED) is 0.139. The van der Waals surface area contributed by atoms with Crippen LogP contribution in [-0.4, -0.2) is 64.8 Å². The number of rotatable bonds is 10. The van der Waals surface area contributed by atoms with Crippen LogP contribution >= 0.6 is 12.4 Å². The van der Waals surface area contributed by atoms with Gasteiger partial charge in [-0.2, -0.15) is 5.10 Å². The average molecular weight is 736 g/mol. The maximum absolute atomic E-state index is 13.1. The minimum absolute atomic E-state index is 0. The Morgan fingerprint density at radius 3 is 2.51 bits per heavy atom. The number of piperazine rings is 1. The normalized spacial score (nSPS) is 14.7. The van der Waals surface area contributed by atoms with Crippen LogP contribution in [0.3, 0.4) is 0 Å². The van der Waals surface area contributed by atoms with Gasteiger partial charge in [-0.1, -0.05) is 54.6 Å². The van der Waals surface area contributed by atoms with E-state index in [1.54, 1.807) is 0 Å². The summed E-state index contributed by atoms with van der Waals surface area (Å²) in [5.41, 5.74) is 6.91. The number of hydrogen-bond acceptors (Lipinski definition) is 7. The largest absolute Gasteiger partial charge is 0.493 e. The first-order valence-electron chi connectivity index (χ1n) is 18.4. The lowest BCUT2D eigenvalue weighted by Gasteiger charge is -2.29. The molecule has 8 rings (SSSR count). The van der Waals surface area contributed by atoms with Crippen LogP contribution in [0.25, 0.3) is 32.8 Å². The summed E-state index contributed by atoms with van der Waals surface area (Å²) in [6.45, 7) is 6.23. The van der Waals surface area contributed by atoms with Gasteiger partial charge < -0.3 is 34.1 Å². The molecule has 276 valence electrons. The number of para-hydroxylation sites is 1. The van der Waals surface area contributed by atoms with Gasteiger partial charge in [-0.3, -0.25) is 4.68 Å². The standard InChI is InChI=1S/C42H45N5O5.ClH/c1-45-37-28-50-25-5-4-22-47-40-33(34(41(47)42(48)49)14-8-26-51-38-15-6-10-29-9-2-3-11-32(29)38)12-7-13-35(40)39(37)36(44-45)27-52-31-18-16-30(17-19-31)46-23-20-43-21-24-46;/h2-3,6-7,9-13,15-19,43H,4-5,8,14,20-28H2,1H3,(H,48,49);1H. The number of fused-ring (bicyclic) bond motifs is 3. The highest BCUT2D eigenvalue weighted by Gasteiger charge is 2.28. The van der Waals surface area contributed by atoms with Crippen molar-refractivity contribution >= 4 is 45.7 Å². The number of anilines is 1. The second-order valence-corrected chi connectivity index (χ2v) is 13.6. The molecule has 2 aliphatic rings. The Morgan fingerprint density at radius 2 is 1.68 bits per heavy atom. The van der Waals surface area contributed by atoms with Gasteiger partial charge >= 0.3 is 5.97 Å². The lowest BCUT2D eigenvalue weighted by atomic mass is 9.98. The van der Waals surface area contributed by atoms with Crippen LogP contribution in [-0.2, 0) is 38.0 Å². The zero-order valence-corrected chi connectivity index (χ0v) is 30.9. The summed E-state index contributed by atoms with van der Waals surface area (Å²) < 4.78 is 22.7. The van der Waals surface area contributed by atoms with Crippen molar-refractivity contribution in [2.24, 2.45) is 7.05 Å². The van der Waals surface area contributed by atoms with Crippen molar-refractivity contribution in [1.82, 2.24) is 19.7 Å². The van der Waals surface area contributed by atoms with Crippen LogP contribution in [0.2, 0.25) is 0 Å². The van der Waals surface area contributed by atoms with Gasteiger partial charge in [-0.25, -0.2) is 4.79 Å². The lowest BCUT2D eigenvalue weighted by molar-refractivity contribution is 0.0683. The Kier molecular flexibility index (Phi) is 11.2. The van der Waals surface area contributed by atoms with Crippen molar-refractivity contribution in [2.45, 2.75) is 45.4 Å². The molecule has 1 fully saturated rings. The molecule has 0 saturated carbocycles. The molecular formula is C42H46ClN5O5. The lowest BCUT2D eigenvalue weighted by Crippen LogP contribution is -2.43. The van der Waals surface area contributed by atoms with Gasteiger partial charge in [0.05, 0.1) is 24.4 Å². The molecule has 0 atom stereocenters. The Labute approximate surface area is 315 Å². The predicted octanol–water partition coefficient (Wildman–Crippen LogP) is 7.63. The maximum atomic E-state index is 13.1. The number of hydrogen-bond donors (Lipinski definition) is 2. The molecule has 2 N–H and O–H groups in total. The number of carboxylic acids is 1. The van der Waals surface area contributed by atoms with E-state index >= 15 is 0 Å². The molecule has 4 heterocycles. The van der Waals surface area contributed by atoms with Gasteiger partial charge in [0.15, 0.2) is 0 Å². The topological polar surface area (TPSA) is 103 Å². The highest BCUT2D eigenvalue weighted by molar-refractivity contribution is 6.04. The monoisotopic (exact) mass is 735 g/mol. The fraction of sp³-hybridized carbons (Fsp3) is 0.333. The maximum Gasteiger partial charge on any atom is 0.352 e. The van der Waals surface area contributed by atoms with Crippen molar-refractivity contribution in [1.29, 1.82) is 0 Å². The van der Waals surface area contributed by atoms with Crippen LogP contribution in [0.5, 0.6) is 11.5 Å². The number of carbonyl (C=O) groups is 1. The van der Waals surface area contributed by atoms with Gasteiger partial charge in [-0.05, 0) is 67.0 Å². The third kappa shape index (κ3) is 7.44. The van der Waals surface area contributed by atoms with Crippen LogP contribution in [0.15, 0.2) is 84.9 Å². The van der Waals surface area contributed by atoms with Gasteiger partial charge in [0.25, 0.3) is 0 Å². The Hall–Kier alpha value is -5.03. The minimum Gasteiger partial charge on any atom is -0.493 e. The molecule has 6 aromatic rings. The van der Waals surface area contributed by atoms with Crippen LogP contribution in [0, 0.1) is 0 Å². The van der Waals surface area contributed by atoms with Crippen molar-refractivity contribution in [3.63, 3.8) is 0 Å². The first-order chi connectivity index (χ1) is 25.6. The van der Waals surface area contributed by atoms with Crippen molar-refractivity contribution < 1.29 is 24.1 Å². The average Bonchev–Trinajstić information content (AvgIpc) is 3.66. The smallest absolute Gasteiger partial charge is 0.352 e. The van der Waals surface area contributed by atoms with E-state index in [0.717, 1.165) is 100 Å². The number of aromatic carboxylic acids is 1. The zero-order chi connectivity index (χ0) is 35.4. The Balaban J connectivity index is 0.00000435. The molecule has 2 aliphatic heterocycles. The van der Waals surface area contributed by atoms with E-state index in [0.29, 0.717) is 44.9 Å². The summed E-state index contributed by atoms with van der Waals surface area (Å²) in [5, 5.41) is 22.3. The number of ether oxygens (including phenoxy) is 3. The second-order valence-electron chi connectivity index (χ2n) is 13.6. The molecule has 10 nitrogen and oxygen atoms in total. The molecule has 0 radical (unpaired) electrons. The first-order valence-corrected chi connectivity index (χ1v) is 18.4. The third-order valence-electron chi connectivity index (χ3n) is 10.3. The Morgan fingerprint density at radius 1 is 0.906 bits per heavy atom. The highest BCUT2D eigenvalue weighted by Crippen LogP contribution is 2.39. The molecule has 0 bridgehead atoms. The van der Waals surface area contributed by atoms with E-state index in [9.17, 15) is 9.90 Å². The minimum atomic E-state index is -0.919. The molecule has 4 aromatic carbocycles. The number of aromatic nitrogens is 3. The molecule has 0 amide bonds. The SMILES string of the molecule is Cl.Cn1nc(COc2ccc(N3CCNCC3)cc2)c2c1COCCCCn1c(C(=O)O)c(CCCOc3cccc4ccccc34)c3cccc-2c31. The number of halogens is 1. The molecule has 0 aliphatic carbocycles. The van der Waals surface area contributed by atoms with Gasteiger partial charge in [-0.15, -0.1) is 12.4 Å². The molecule has 0 spiro atoms. The Bertz CT molecular complexity index is 2200. The second kappa shape index (κ2) is 16.3. The van der Waals surface area contributed by atoms with Gasteiger partial charge in [0, 0.05) is 74.0 Å². The zero-order valence-electron chi connectivity index (χ0n) is 30.1. The van der Waals surface area contributed by atoms with Gasteiger partial charge in [0.1, 0.15) is 29.5 Å². The first kappa shape index (κ1) is 36.3. The molecule has 1 saturated heterocycles. The summed E-state index contributed by atoms with van der Waals surface area (Å²) in [6, 6.07) is 28.7. The van der Waals surface area contributed by atoms with Crippen molar-refractivity contribution in [2.75, 3.05) is 44.3 Å². The molecule has 0 unspecified atom stereocenters. The highest BCUT2D eigenvalue weighted by atomic mass is 35.5. The van der Waals surface area contributed by atoms with E-state index in [4.69, 9.17) is 19.3 Å². The fourth-order valence-corrected chi connectivity index (χ4v) is 7.82. The summed E-state index contributed by atoms with van der Waals surface area (Å²) in [5.74, 6) is 0.693. The molecule has 2 aromatic heterocycles. The fourth-order valence-electron chi connectivity index (χ4n) is 7.82. The third-order valence-corrected chi connectivity index (χ3v) is 10.3. The number of nitrogens with one attached hydrogen (secondary N) is 1. The number of carboxylic acid groups (broad SMARTS) is 1. The van der Waals surface area contributed by atoms with Crippen LogP contribution < -0.4 is 19.7 Å². The van der Waals surface area contributed by atoms with Crippen LogP contribution in [0.1, 0.15) is 46.7 Å². The van der Waals surface area contributed by atoms with E-state index in [1.165, 1.54) is 5.69 Å². The summed E-state index contributed by atoms with van der Waals surface area (Å²) in [6.07, 6.45) is 2.87. The van der Waals surface area contributed by atoms with E-state index in [2.05, 4.69) is 52.7 Å². The summed E-state index contributed by atoms with van der Waals surface area (Å²) in [4.78, 5) is 15.5. The molecular weight excluding hydrogens is 690 g/mol. The summed E-state index contributed by atoms with van der Waals surface area (Å²) >= 11 is 0. The predicted molar refractivity (Wildman–Crippen MR) is 211 cm³/mol. The summed E-state index contributed by atoms with van der Waals surface area (Å²) in [7, 11) is 1.94. The van der Waals surface area contributed by atoms with E-state index in [-0.39, 0.29) is 19.0 Å². The van der Waals surface area contributed by atoms with Crippen molar-refractivity contribution in [3.8, 4) is 22.6 Å². The number of aryl methyl sites for hydroxylation is 3. The molecule has 53 heavy (non-hydrogen) atoms. The van der Waals surface area contributed by atoms with Gasteiger partial charge in [0.2, 0.25) is 0 Å². The number of benzene rings is 4. The van der Waals surface area contributed by atoms with Crippen LogP contribution in [0.4, 0.5) is 5.69 Å². The van der Waals surface area contributed by atoms with E-state index in [1.807, 2.05) is 58.8 Å². The molecule has 11 heteroatoms. The van der Waals surface area contributed by atoms with E-state index < -0.39 is 5.97 Å². The number of nitrogens with zero attached hydrogens (tertiary/aromatic N) is 4.